The maximum absolute atomic E-state index is 13.1. The third-order valence-corrected chi connectivity index (χ3v) is 6.11. The van der Waals surface area contributed by atoms with Gasteiger partial charge in [0.2, 0.25) is 0 Å². The van der Waals surface area contributed by atoms with Crippen LogP contribution in [0, 0.1) is 11.7 Å². The van der Waals surface area contributed by atoms with Crippen molar-refractivity contribution in [2.75, 3.05) is 18.1 Å². The maximum atomic E-state index is 13.1. The molecule has 3 rings (SSSR count). The second-order valence-electron chi connectivity index (χ2n) is 6.49. The molecule has 0 bridgehead atoms. The largest absolute Gasteiger partial charge is 0.385 e. The van der Waals surface area contributed by atoms with Gasteiger partial charge in [-0.3, -0.25) is 0 Å². The lowest BCUT2D eigenvalue weighted by molar-refractivity contribution is -0.144. The van der Waals surface area contributed by atoms with Crippen LogP contribution < -0.4 is 0 Å². The minimum absolute atomic E-state index is 0.0435. The molecule has 4 heteroatoms. The SMILES string of the molecule is CC(O)(c1ccc(F)cc1)C1CCOC2(CCSCC2)C1. The van der Waals surface area contributed by atoms with Gasteiger partial charge in [0, 0.05) is 6.61 Å². The van der Waals surface area contributed by atoms with Gasteiger partial charge < -0.3 is 9.84 Å². The monoisotopic (exact) mass is 310 g/mol. The zero-order valence-corrected chi connectivity index (χ0v) is 13.3. The summed E-state index contributed by atoms with van der Waals surface area (Å²) < 4.78 is 19.2. The van der Waals surface area contributed by atoms with E-state index in [0.717, 1.165) is 42.8 Å². The summed E-state index contributed by atoms with van der Waals surface area (Å²) in [7, 11) is 0. The maximum Gasteiger partial charge on any atom is 0.123 e. The van der Waals surface area contributed by atoms with E-state index in [2.05, 4.69) is 0 Å². The van der Waals surface area contributed by atoms with Crippen LogP contribution in [0.4, 0.5) is 4.39 Å². The first-order valence-corrected chi connectivity index (χ1v) is 8.87. The molecule has 116 valence electrons. The number of hydrogen-bond acceptors (Lipinski definition) is 3. The first-order valence-electron chi connectivity index (χ1n) is 7.72. The van der Waals surface area contributed by atoms with Crippen molar-refractivity contribution < 1.29 is 14.2 Å². The molecule has 21 heavy (non-hydrogen) atoms. The number of ether oxygens (including phenoxy) is 1. The number of hydrogen-bond donors (Lipinski definition) is 1. The number of halogens is 1. The molecule has 2 nitrogen and oxygen atoms in total. The second-order valence-corrected chi connectivity index (χ2v) is 7.71. The van der Waals surface area contributed by atoms with Crippen molar-refractivity contribution in [1.82, 2.24) is 0 Å². The normalized spacial score (nSPS) is 28.2. The Balaban J connectivity index is 1.79. The van der Waals surface area contributed by atoms with Crippen molar-refractivity contribution >= 4 is 11.8 Å². The second kappa shape index (κ2) is 5.90. The summed E-state index contributed by atoms with van der Waals surface area (Å²) in [5.41, 5.74) is -0.163. The zero-order valence-electron chi connectivity index (χ0n) is 12.5. The van der Waals surface area contributed by atoms with Gasteiger partial charge in [0.05, 0.1) is 11.2 Å². The van der Waals surface area contributed by atoms with Crippen LogP contribution in [-0.2, 0) is 10.3 Å². The van der Waals surface area contributed by atoms with E-state index < -0.39 is 5.60 Å². The van der Waals surface area contributed by atoms with Crippen LogP contribution in [0.2, 0.25) is 0 Å². The minimum Gasteiger partial charge on any atom is -0.385 e. The third-order valence-electron chi connectivity index (χ3n) is 5.12. The molecule has 0 amide bonds. The zero-order chi connectivity index (χ0) is 14.9. The molecule has 1 spiro atoms. The number of rotatable bonds is 2. The van der Waals surface area contributed by atoms with Gasteiger partial charge in [-0.15, -0.1) is 0 Å². The molecule has 2 unspecified atom stereocenters. The minimum atomic E-state index is -0.922. The molecule has 1 aromatic carbocycles. The van der Waals surface area contributed by atoms with E-state index in [9.17, 15) is 9.50 Å². The van der Waals surface area contributed by atoms with Gasteiger partial charge in [-0.2, -0.15) is 11.8 Å². The van der Waals surface area contributed by atoms with Crippen LogP contribution in [0.15, 0.2) is 24.3 Å². The topological polar surface area (TPSA) is 29.5 Å². The van der Waals surface area contributed by atoms with Crippen LogP contribution in [0.5, 0.6) is 0 Å². The summed E-state index contributed by atoms with van der Waals surface area (Å²) in [5, 5.41) is 11.0. The van der Waals surface area contributed by atoms with Crippen LogP contribution in [0.25, 0.3) is 0 Å². The van der Waals surface area contributed by atoms with Crippen LogP contribution in [0.3, 0.4) is 0 Å². The molecule has 0 saturated carbocycles. The molecule has 2 saturated heterocycles. The predicted octanol–water partition coefficient (Wildman–Crippen LogP) is 3.73. The summed E-state index contributed by atoms with van der Waals surface area (Å²) in [5.74, 6) is 2.19. The van der Waals surface area contributed by atoms with Gasteiger partial charge >= 0.3 is 0 Å². The van der Waals surface area contributed by atoms with Gasteiger partial charge in [-0.1, -0.05) is 12.1 Å². The van der Waals surface area contributed by atoms with Gasteiger partial charge in [0.1, 0.15) is 5.82 Å². The van der Waals surface area contributed by atoms with Crippen molar-refractivity contribution in [3.05, 3.63) is 35.6 Å². The Morgan fingerprint density at radius 1 is 1.29 bits per heavy atom. The van der Waals surface area contributed by atoms with Crippen molar-refractivity contribution in [1.29, 1.82) is 0 Å². The molecular weight excluding hydrogens is 287 g/mol. The van der Waals surface area contributed by atoms with Crippen molar-refractivity contribution in [3.8, 4) is 0 Å². The van der Waals surface area contributed by atoms with E-state index in [0.29, 0.717) is 6.61 Å². The lowest BCUT2D eigenvalue weighted by Crippen LogP contribution is -2.47. The summed E-state index contributed by atoms with van der Waals surface area (Å²) in [6.07, 6.45) is 3.92. The average Bonchev–Trinajstić information content (AvgIpc) is 2.48. The lowest BCUT2D eigenvalue weighted by atomic mass is 9.72. The highest BCUT2D eigenvalue weighted by Crippen LogP contribution is 2.45. The molecule has 2 fully saturated rings. The average molecular weight is 310 g/mol. The Labute approximate surface area is 130 Å². The van der Waals surface area contributed by atoms with E-state index >= 15 is 0 Å². The highest BCUT2D eigenvalue weighted by atomic mass is 32.2. The molecule has 0 aromatic heterocycles. The Morgan fingerprint density at radius 2 is 1.95 bits per heavy atom. The summed E-state index contributed by atoms with van der Waals surface area (Å²) in [6, 6.07) is 6.26. The van der Waals surface area contributed by atoms with E-state index in [1.807, 2.05) is 18.7 Å². The van der Waals surface area contributed by atoms with Crippen LogP contribution in [0.1, 0.15) is 38.2 Å². The Morgan fingerprint density at radius 3 is 2.62 bits per heavy atom. The van der Waals surface area contributed by atoms with Gasteiger partial charge in [-0.05, 0) is 67.7 Å². The highest BCUT2D eigenvalue weighted by Gasteiger charge is 2.45. The van der Waals surface area contributed by atoms with E-state index in [4.69, 9.17) is 4.74 Å². The molecule has 0 aliphatic carbocycles. The van der Waals surface area contributed by atoms with Gasteiger partial charge in [0.25, 0.3) is 0 Å². The van der Waals surface area contributed by atoms with Gasteiger partial charge in [-0.25, -0.2) is 4.39 Å². The fourth-order valence-corrected chi connectivity index (χ4v) is 4.86. The summed E-state index contributed by atoms with van der Waals surface area (Å²) in [4.78, 5) is 0. The van der Waals surface area contributed by atoms with Crippen molar-refractivity contribution in [2.24, 2.45) is 5.92 Å². The molecule has 2 aliphatic rings. The Bertz CT molecular complexity index is 475. The lowest BCUT2D eigenvalue weighted by Gasteiger charge is -2.47. The van der Waals surface area contributed by atoms with Crippen molar-refractivity contribution in [2.45, 2.75) is 43.8 Å². The van der Waals surface area contributed by atoms with E-state index in [1.54, 1.807) is 12.1 Å². The predicted molar refractivity (Wildman–Crippen MR) is 83.9 cm³/mol. The molecule has 2 aliphatic heterocycles. The van der Waals surface area contributed by atoms with Crippen LogP contribution >= 0.6 is 11.8 Å². The Kier molecular flexibility index (Phi) is 4.30. The fraction of sp³-hybridized carbons (Fsp3) is 0.647. The molecule has 2 atom stereocenters. The van der Waals surface area contributed by atoms with Gasteiger partial charge in [0.15, 0.2) is 0 Å². The number of aliphatic hydroxyl groups is 1. The summed E-state index contributed by atoms with van der Waals surface area (Å²) >= 11 is 1.99. The first kappa shape index (κ1) is 15.3. The molecular formula is C17H23FO2S. The highest BCUT2D eigenvalue weighted by molar-refractivity contribution is 7.99. The molecule has 2 heterocycles. The van der Waals surface area contributed by atoms with Crippen molar-refractivity contribution in [3.63, 3.8) is 0 Å². The third kappa shape index (κ3) is 3.13. The van der Waals surface area contributed by atoms with E-state index in [1.165, 1.54) is 12.1 Å². The fourth-order valence-electron chi connectivity index (χ4n) is 3.62. The Hall–Kier alpha value is -0.580. The quantitative estimate of drug-likeness (QED) is 0.902. The molecule has 1 N–H and O–H groups in total. The van der Waals surface area contributed by atoms with Crippen LogP contribution in [-0.4, -0.2) is 28.8 Å². The number of thioether (sulfide) groups is 1. The summed E-state index contributed by atoms with van der Waals surface area (Å²) in [6.45, 7) is 2.58. The first-order chi connectivity index (χ1) is 10.0. The molecule has 0 radical (unpaired) electrons. The number of benzene rings is 1. The standard InChI is InChI=1S/C17H23FO2S/c1-16(19,13-2-4-15(18)5-3-13)14-6-9-20-17(12-14)7-10-21-11-8-17/h2-5,14,19H,6-12H2,1H3. The smallest absolute Gasteiger partial charge is 0.123 e. The molecule has 1 aromatic rings. The van der Waals surface area contributed by atoms with E-state index in [-0.39, 0.29) is 17.3 Å².